The number of rotatable bonds is 5. The average Bonchev–Trinajstić information content (AvgIpc) is 2.17. The predicted molar refractivity (Wildman–Crippen MR) is 52.5 cm³/mol. The van der Waals surface area contributed by atoms with Crippen molar-refractivity contribution in [1.82, 2.24) is 0 Å². The summed E-state index contributed by atoms with van der Waals surface area (Å²) in [5.41, 5.74) is -0.708. The highest BCUT2D eigenvalue weighted by atomic mass is 16.5. The third-order valence-corrected chi connectivity index (χ3v) is 1.69. The van der Waals surface area contributed by atoms with Crippen molar-refractivity contribution in [2.24, 2.45) is 5.41 Å². The largest absolute Gasteiger partial charge is 0.396 e. The van der Waals surface area contributed by atoms with Crippen LogP contribution < -0.4 is 0 Å². The summed E-state index contributed by atoms with van der Waals surface area (Å²) in [5, 5.41) is 41.6. The highest BCUT2D eigenvalue weighted by Gasteiger charge is 2.20. The highest BCUT2D eigenvalue weighted by molar-refractivity contribution is 4.69. The summed E-state index contributed by atoms with van der Waals surface area (Å²) >= 11 is 0. The molecule has 5 N–H and O–H groups in total. The Morgan fingerprint density at radius 2 is 1.36 bits per heavy atom. The van der Waals surface area contributed by atoms with Gasteiger partial charge in [0.15, 0.2) is 6.29 Å². The van der Waals surface area contributed by atoms with Crippen LogP contribution in [-0.4, -0.2) is 51.6 Å². The smallest absolute Gasteiger partial charge is 0.151 e. The lowest BCUT2D eigenvalue weighted by atomic mass is 9.95. The van der Waals surface area contributed by atoms with Crippen molar-refractivity contribution in [3.05, 3.63) is 0 Å². The molecule has 0 aromatic rings. The molecule has 0 rings (SSSR count). The Morgan fingerprint density at radius 1 is 1.00 bits per heavy atom. The Morgan fingerprint density at radius 3 is 1.36 bits per heavy atom. The maximum absolute atomic E-state index is 8.47. The summed E-state index contributed by atoms with van der Waals surface area (Å²) in [6.45, 7) is 2.96. The Bertz CT molecular complexity index is 104. The molecule has 0 aliphatic carbocycles. The zero-order valence-electron chi connectivity index (χ0n) is 8.85. The van der Waals surface area contributed by atoms with Crippen LogP contribution in [0.5, 0.6) is 0 Å². The van der Waals surface area contributed by atoms with Gasteiger partial charge >= 0.3 is 0 Å². The molecule has 0 aliphatic heterocycles. The van der Waals surface area contributed by atoms with Crippen LogP contribution in [0.1, 0.15) is 26.7 Å². The fourth-order valence-corrected chi connectivity index (χ4v) is 0.408. The Hall–Kier alpha value is -0.200. The molecule has 0 aromatic carbocycles. The van der Waals surface area contributed by atoms with Crippen molar-refractivity contribution in [2.75, 3.05) is 19.8 Å². The zero-order chi connectivity index (χ0) is 11.6. The molecule has 0 amide bonds. The highest BCUT2D eigenvalue weighted by Crippen LogP contribution is 2.10. The van der Waals surface area contributed by atoms with Gasteiger partial charge in [0.1, 0.15) is 0 Å². The fraction of sp³-hybridized carbons (Fsp3) is 1.00. The number of aliphatic hydroxyl groups excluding tert-OH is 4. The van der Waals surface area contributed by atoms with Crippen LogP contribution in [0.2, 0.25) is 0 Å². The summed E-state index contributed by atoms with van der Waals surface area (Å²) in [6.07, 6.45) is 0.215. The van der Waals surface area contributed by atoms with Crippen molar-refractivity contribution in [2.45, 2.75) is 33.0 Å². The lowest BCUT2D eigenvalue weighted by Gasteiger charge is -2.20. The molecule has 0 heterocycles. The molecule has 0 aromatic heterocycles. The summed E-state index contributed by atoms with van der Waals surface area (Å²) in [4.78, 5) is 0. The lowest BCUT2D eigenvalue weighted by molar-refractivity contribution is -0.0453. The van der Waals surface area contributed by atoms with Crippen LogP contribution >= 0.6 is 0 Å². The van der Waals surface area contributed by atoms with Gasteiger partial charge in [-0.05, 0) is 6.42 Å². The molecule has 14 heavy (non-hydrogen) atoms. The third kappa shape index (κ3) is 9.88. The van der Waals surface area contributed by atoms with Crippen molar-refractivity contribution in [1.29, 1.82) is 0 Å². The van der Waals surface area contributed by atoms with E-state index in [9.17, 15) is 0 Å². The van der Waals surface area contributed by atoms with Gasteiger partial charge in [-0.15, -0.1) is 0 Å². The molecule has 0 unspecified atom stereocenters. The predicted octanol–water partition coefficient (Wildman–Crippen LogP) is -0.933. The summed E-state index contributed by atoms with van der Waals surface area (Å²) in [6, 6.07) is 0. The Labute approximate surface area is 84.6 Å². The molecular weight excluding hydrogens is 188 g/mol. The normalized spacial score (nSPS) is 11.1. The zero-order valence-corrected chi connectivity index (χ0v) is 8.85. The van der Waals surface area contributed by atoms with Gasteiger partial charge in [-0.25, -0.2) is 0 Å². The second kappa shape index (κ2) is 9.36. The molecule has 0 bridgehead atoms. The van der Waals surface area contributed by atoms with Crippen molar-refractivity contribution in [3.8, 4) is 0 Å². The summed E-state index contributed by atoms with van der Waals surface area (Å²) in [7, 11) is 0. The van der Waals surface area contributed by atoms with Crippen LogP contribution in [0.3, 0.4) is 0 Å². The molecule has 5 heteroatoms. The van der Waals surface area contributed by atoms with E-state index in [0.29, 0.717) is 6.42 Å². The second-order valence-electron chi connectivity index (χ2n) is 3.55. The second-order valence-corrected chi connectivity index (χ2v) is 3.55. The monoisotopic (exact) mass is 210 g/mol. The maximum atomic E-state index is 8.47. The van der Waals surface area contributed by atoms with E-state index >= 15 is 0 Å². The van der Waals surface area contributed by atoms with Gasteiger partial charge in [-0.3, -0.25) is 0 Å². The van der Waals surface area contributed by atoms with Gasteiger partial charge in [-0.1, -0.05) is 20.3 Å². The first-order chi connectivity index (χ1) is 6.45. The Kier molecular flexibility index (Phi) is 10.9. The third-order valence-electron chi connectivity index (χ3n) is 1.69. The fourth-order valence-electron chi connectivity index (χ4n) is 0.408. The van der Waals surface area contributed by atoms with Crippen molar-refractivity contribution < 1.29 is 25.5 Å². The van der Waals surface area contributed by atoms with E-state index in [2.05, 4.69) is 0 Å². The van der Waals surface area contributed by atoms with Gasteiger partial charge in [0.25, 0.3) is 0 Å². The van der Waals surface area contributed by atoms with E-state index in [1.807, 2.05) is 6.92 Å². The minimum atomic E-state index is -1.10. The summed E-state index contributed by atoms with van der Waals surface area (Å²) < 4.78 is 0. The molecule has 88 valence electrons. The van der Waals surface area contributed by atoms with E-state index in [1.54, 1.807) is 6.92 Å². The van der Waals surface area contributed by atoms with E-state index in [0.717, 1.165) is 6.42 Å². The van der Waals surface area contributed by atoms with E-state index in [1.165, 1.54) is 0 Å². The number of hydrogen-bond donors (Lipinski definition) is 5. The quantitative estimate of drug-likeness (QED) is 0.377. The SMILES string of the molecule is CC(CO)(CO)CO.CCCC(O)O. The summed E-state index contributed by atoms with van der Waals surface area (Å²) in [5.74, 6) is 0. The molecule has 0 fully saturated rings. The minimum absolute atomic E-state index is 0.181. The molecular formula is C9H22O5. The molecule has 0 saturated heterocycles. The lowest BCUT2D eigenvalue weighted by Crippen LogP contribution is -2.29. The van der Waals surface area contributed by atoms with Crippen LogP contribution in [-0.2, 0) is 0 Å². The van der Waals surface area contributed by atoms with Crippen LogP contribution in [0, 0.1) is 5.41 Å². The van der Waals surface area contributed by atoms with Gasteiger partial charge in [0.05, 0.1) is 19.8 Å². The average molecular weight is 210 g/mol. The first kappa shape index (κ1) is 16.2. The molecule has 0 aliphatic rings. The molecule has 0 spiro atoms. The molecule has 0 radical (unpaired) electrons. The standard InChI is InChI=1S/C5H12O3.C4H10O2/c1-5(2-6,3-7)4-8;1-2-3-4(5)6/h6-8H,2-4H2,1H3;4-6H,2-3H2,1H3. The minimum Gasteiger partial charge on any atom is -0.396 e. The van der Waals surface area contributed by atoms with E-state index in [4.69, 9.17) is 25.5 Å². The Balaban J connectivity index is 0. The number of hydrogen-bond acceptors (Lipinski definition) is 5. The van der Waals surface area contributed by atoms with E-state index < -0.39 is 11.7 Å². The van der Waals surface area contributed by atoms with Gasteiger partial charge in [0, 0.05) is 5.41 Å². The first-order valence-corrected chi connectivity index (χ1v) is 4.64. The maximum Gasteiger partial charge on any atom is 0.151 e. The van der Waals surface area contributed by atoms with Gasteiger partial charge in [-0.2, -0.15) is 0 Å². The van der Waals surface area contributed by atoms with E-state index in [-0.39, 0.29) is 19.8 Å². The molecule has 0 saturated carbocycles. The van der Waals surface area contributed by atoms with Crippen LogP contribution in [0.25, 0.3) is 0 Å². The first-order valence-electron chi connectivity index (χ1n) is 4.64. The van der Waals surface area contributed by atoms with Gasteiger partial charge < -0.3 is 25.5 Å². The van der Waals surface area contributed by atoms with Crippen molar-refractivity contribution in [3.63, 3.8) is 0 Å². The molecule has 0 atom stereocenters. The topological polar surface area (TPSA) is 101 Å². The van der Waals surface area contributed by atoms with Gasteiger partial charge in [0.2, 0.25) is 0 Å². The molecule has 5 nitrogen and oxygen atoms in total. The van der Waals surface area contributed by atoms with Crippen LogP contribution in [0.4, 0.5) is 0 Å². The number of aliphatic hydroxyl groups is 5. The van der Waals surface area contributed by atoms with Crippen molar-refractivity contribution >= 4 is 0 Å². The van der Waals surface area contributed by atoms with Crippen LogP contribution in [0.15, 0.2) is 0 Å².